The molecule has 0 aromatic heterocycles. The molecule has 0 aliphatic carbocycles. The Labute approximate surface area is 125 Å². The molecule has 2 aromatic rings. The van der Waals surface area contributed by atoms with E-state index in [1.807, 2.05) is 31.2 Å². The van der Waals surface area contributed by atoms with E-state index in [2.05, 4.69) is 0 Å². The van der Waals surface area contributed by atoms with Crippen LogP contribution in [0.1, 0.15) is 16.7 Å². The van der Waals surface area contributed by atoms with Crippen LogP contribution in [0.3, 0.4) is 0 Å². The van der Waals surface area contributed by atoms with E-state index in [9.17, 15) is 8.42 Å². The lowest BCUT2D eigenvalue weighted by atomic mass is 10.1. The normalized spacial score (nSPS) is 10.7. The first-order valence-corrected chi connectivity index (χ1v) is 7.83. The maximum absolute atomic E-state index is 10.5. The van der Waals surface area contributed by atoms with Gasteiger partial charge in [0.1, 0.15) is 0 Å². The van der Waals surface area contributed by atoms with Gasteiger partial charge < -0.3 is 11.5 Å². The van der Waals surface area contributed by atoms with Crippen LogP contribution in [-0.2, 0) is 23.2 Å². The van der Waals surface area contributed by atoms with Crippen molar-refractivity contribution in [1.82, 2.24) is 0 Å². The molecule has 0 aliphatic heterocycles. The van der Waals surface area contributed by atoms with Crippen LogP contribution in [-0.4, -0.2) is 13.0 Å². The second kappa shape index (κ2) is 7.90. The van der Waals surface area contributed by atoms with Gasteiger partial charge in [-0.3, -0.25) is 4.55 Å². The Morgan fingerprint density at radius 2 is 1.43 bits per heavy atom. The number of nitrogens with two attached hydrogens (primary N) is 2. The third-order valence-electron chi connectivity index (χ3n) is 2.78. The highest BCUT2D eigenvalue weighted by molar-refractivity contribution is 7.85. The number of hydrogen-bond donors (Lipinski definition) is 3. The second-order valence-corrected chi connectivity index (χ2v) is 5.94. The Morgan fingerprint density at radius 3 is 1.81 bits per heavy atom. The fraction of sp³-hybridized carbons (Fsp3) is 0.200. The standard InChI is InChI=1S/C8H12N2.C7H8O3S/c9-5-7-2-1-3-8(4-7)6-10;1-6-2-4-7(5-3-6)11(8,9)10/h1-4H,5-6,9-10H2;2-5H,1H3,(H,8,9,10). The maximum atomic E-state index is 10.5. The van der Waals surface area contributed by atoms with Gasteiger partial charge >= 0.3 is 0 Å². The van der Waals surface area contributed by atoms with Crippen molar-refractivity contribution in [3.63, 3.8) is 0 Å². The monoisotopic (exact) mass is 308 g/mol. The van der Waals surface area contributed by atoms with Crippen molar-refractivity contribution in [1.29, 1.82) is 0 Å². The predicted octanol–water partition coefficient (Wildman–Crippen LogP) is 1.85. The fourth-order valence-electron chi connectivity index (χ4n) is 1.59. The van der Waals surface area contributed by atoms with Crippen molar-refractivity contribution in [3.05, 3.63) is 65.2 Å². The van der Waals surface area contributed by atoms with Gasteiger partial charge in [0, 0.05) is 13.1 Å². The van der Waals surface area contributed by atoms with E-state index in [1.54, 1.807) is 12.1 Å². The van der Waals surface area contributed by atoms with Gasteiger partial charge in [0.2, 0.25) is 0 Å². The topological polar surface area (TPSA) is 106 Å². The van der Waals surface area contributed by atoms with Crippen molar-refractivity contribution in [2.24, 2.45) is 11.5 Å². The summed E-state index contributed by atoms with van der Waals surface area (Å²) >= 11 is 0. The van der Waals surface area contributed by atoms with Crippen LogP contribution in [0.15, 0.2) is 53.4 Å². The molecule has 5 nitrogen and oxygen atoms in total. The van der Waals surface area contributed by atoms with E-state index < -0.39 is 10.1 Å². The zero-order chi connectivity index (χ0) is 15.9. The highest BCUT2D eigenvalue weighted by Crippen LogP contribution is 2.08. The summed E-state index contributed by atoms with van der Waals surface area (Å²) in [6.45, 7) is 3.02. The molecule has 5 N–H and O–H groups in total. The summed E-state index contributed by atoms with van der Waals surface area (Å²) in [6.07, 6.45) is 0. The van der Waals surface area contributed by atoms with E-state index >= 15 is 0 Å². The number of rotatable bonds is 3. The molecule has 0 saturated carbocycles. The van der Waals surface area contributed by atoms with E-state index in [0.29, 0.717) is 13.1 Å². The summed E-state index contributed by atoms with van der Waals surface area (Å²) in [7, 11) is -4.02. The van der Waals surface area contributed by atoms with Gasteiger partial charge in [-0.25, -0.2) is 0 Å². The van der Waals surface area contributed by atoms with Crippen molar-refractivity contribution >= 4 is 10.1 Å². The fourth-order valence-corrected chi connectivity index (χ4v) is 2.07. The average Bonchev–Trinajstić information content (AvgIpc) is 2.47. The number of benzene rings is 2. The molecule has 0 fully saturated rings. The van der Waals surface area contributed by atoms with E-state index in [4.69, 9.17) is 16.0 Å². The van der Waals surface area contributed by atoms with Crippen LogP contribution >= 0.6 is 0 Å². The van der Waals surface area contributed by atoms with Crippen molar-refractivity contribution in [3.8, 4) is 0 Å². The van der Waals surface area contributed by atoms with Crippen LogP contribution in [0.5, 0.6) is 0 Å². The zero-order valence-electron chi connectivity index (χ0n) is 11.9. The largest absolute Gasteiger partial charge is 0.326 e. The summed E-state index contributed by atoms with van der Waals surface area (Å²) in [6, 6.07) is 14.0. The lowest BCUT2D eigenvalue weighted by Gasteiger charge is -1.98. The Hall–Kier alpha value is -1.73. The molecular weight excluding hydrogens is 288 g/mol. The summed E-state index contributed by atoms with van der Waals surface area (Å²) in [4.78, 5) is -0.0666. The van der Waals surface area contributed by atoms with Gasteiger partial charge in [0.15, 0.2) is 0 Å². The van der Waals surface area contributed by atoms with Crippen LogP contribution in [0.25, 0.3) is 0 Å². The van der Waals surface area contributed by atoms with Gasteiger partial charge in [-0.1, -0.05) is 42.0 Å². The highest BCUT2D eigenvalue weighted by Gasteiger charge is 2.06. The minimum absolute atomic E-state index is 0.0666. The van der Waals surface area contributed by atoms with Gasteiger partial charge in [0.05, 0.1) is 4.90 Å². The Morgan fingerprint density at radius 1 is 0.952 bits per heavy atom. The molecule has 0 heterocycles. The maximum Gasteiger partial charge on any atom is 0.294 e. The van der Waals surface area contributed by atoms with Gasteiger partial charge in [-0.15, -0.1) is 0 Å². The van der Waals surface area contributed by atoms with Crippen LogP contribution in [0, 0.1) is 6.92 Å². The Kier molecular flexibility index (Phi) is 6.51. The van der Waals surface area contributed by atoms with E-state index in [0.717, 1.165) is 16.7 Å². The third kappa shape index (κ3) is 6.05. The van der Waals surface area contributed by atoms with Crippen molar-refractivity contribution in [2.75, 3.05) is 0 Å². The molecule has 0 aliphatic rings. The molecule has 6 heteroatoms. The number of hydrogen-bond acceptors (Lipinski definition) is 4. The molecule has 0 radical (unpaired) electrons. The first-order valence-electron chi connectivity index (χ1n) is 6.39. The molecule has 0 saturated heterocycles. The zero-order valence-corrected chi connectivity index (χ0v) is 12.7. The molecule has 0 amide bonds. The summed E-state index contributed by atoms with van der Waals surface area (Å²) in [5, 5.41) is 0. The molecule has 114 valence electrons. The molecule has 0 bridgehead atoms. The van der Waals surface area contributed by atoms with E-state index in [-0.39, 0.29) is 4.90 Å². The van der Waals surface area contributed by atoms with Gasteiger partial charge in [-0.2, -0.15) is 8.42 Å². The molecule has 0 atom stereocenters. The van der Waals surface area contributed by atoms with E-state index in [1.165, 1.54) is 12.1 Å². The summed E-state index contributed by atoms with van der Waals surface area (Å²) < 4.78 is 29.6. The minimum atomic E-state index is -4.02. The molecule has 21 heavy (non-hydrogen) atoms. The van der Waals surface area contributed by atoms with Gasteiger partial charge in [0.25, 0.3) is 10.1 Å². The lowest BCUT2D eigenvalue weighted by Crippen LogP contribution is -2.00. The number of aryl methyl sites for hydroxylation is 1. The quantitative estimate of drug-likeness (QED) is 0.750. The third-order valence-corrected chi connectivity index (χ3v) is 3.65. The average molecular weight is 308 g/mol. The summed E-state index contributed by atoms with van der Waals surface area (Å²) in [5.41, 5.74) is 14.1. The predicted molar refractivity (Wildman–Crippen MR) is 83.2 cm³/mol. The second-order valence-electron chi connectivity index (χ2n) is 4.52. The van der Waals surface area contributed by atoms with Crippen LogP contribution in [0.2, 0.25) is 0 Å². The Balaban J connectivity index is 0.000000211. The van der Waals surface area contributed by atoms with Crippen LogP contribution < -0.4 is 11.5 Å². The Bertz CT molecular complexity index is 648. The molecular formula is C15H20N2O3S. The smallest absolute Gasteiger partial charge is 0.294 e. The first kappa shape index (κ1) is 17.3. The molecule has 2 rings (SSSR count). The minimum Gasteiger partial charge on any atom is -0.326 e. The summed E-state index contributed by atoms with van der Waals surface area (Å²) in [5.74, 6) is 0. The first-order chi connectivity index (χ1) is 9.86. The molecule has 0 spiro atoms. The van der Waals surface area contributed by atoms with Crippen LogP contribution in [0.4, 0.5) is 0 Å². The highest BCUT2D eigenvalue weighted by atomic mass is 32.2. The van der Waals surface area contributed by atoms with Gasteiger partial charge in [-0.05, 0) is 30.2 Å². The molecule has 2 aromatic carbocycles. The molecule has 0 unspecified atom stereocenters. The SMILES string of the molecule is Cc1ccc(S(=O)(=O)O)cc1.NCc1cccc(CN)c1. The lowest BCUT2D eigenvalue weighted by molar-refractivity contribution is 0.483. The van der Waals surface area contributed by atoms with Crippen molar-refractivity contribution < 1.29 is 13.0 Å². The van der Waals surface area contributed by atoms with Crippen molar-refractivity contribution in [2.45, 2.75) is 24.9 Å².